The summed E-state index contributed by atoms with van der Waals surface area (Å²) in [6.07, 6.45) is 3.69. The van der Waals surface area contributed by atoms with Crippen LogP contribution < -0.4 is 5.32 Å². The molecule has 0 bridgehead atoms. The van der Waals surface area contributed by atoms with Gasteiger partial charge in [-0.05, 0) is 48.8 Å². The van der Waals surface area contributed by atoms with Gasteiger partial charge in [0, 0.05) is 38.5 Å². The van der Waals surface area contributed by atoms with Crippen LogP contribution in [0, 0.1) is 0 Å². The molecule has 3 fully saturated rings. The number of fused-ring (bicyclic) bond motifs is 4. The predicted octanol–water partition coefficient (Wildman–Crippen LogP) is 2.05. The topological polar surface area (TPSA) is 90.0 Å². The Hall–Kier alpha value is -3.68. The third-order valence-corrected chi connectivity index (χ3v) is 8.61. The van der Waals surface area contributed by atoms with E-state index in [4.69, 9.17) is 0 Å². The van der Waals surface area contributed by atoms with Gasteiger partial charge in [0.25, 0.3) is 0 Å². The van der Waals surface area contributed by atoms with Crippen molar-refractivity contribution in [2.45, 2.75) is 75.7 Å². The Labute approximate surface area is 223 Å². The van der Waals surface area contributed by atoms with Gasteiger partial charge in [0.1, 0.15) is 18.1 Å². The minimum atomic E-state index is -0.658. The maximum Gasteiger partial charge on any atom is 0.246 e. The molecule has 4 aliphatic heterocycles. The molecule has 8 nitrogen and oxygen atoms in total. The monoisotopic (exact) mass is 514 g/mol. The minimum Gasteiger partial charge on any atom is -0.351 e. The summed E-state index contributed by atoms with van der Waals surface area (Å²) in [6, 6.07) is 15.5. The van der Waals surface area contributed by atoms with Crippen LogP contribution in [0.2, 0.25) is 0 Å². The summed E-state index contributed by atoms with van der Waals surface area (Å²) in [5, 5.41) is 3.13. The van der Waals surface area contributed by atoms with E-state index >= 15 is 0 Å². The Morgan fingerprint density at radius 2 is 1.32 bits per heavy atom. The third kappa shape index (κ3) is 4.57. The molecule has 8 heteroatoms. The zero-order chi connectivity index (χ0) is 26.2. The van der Waals surface area contributed by atoms with Gasteiger partial charge in [0.05, 0.1) is 0 Å². The molecule has 1 N–H and O–H groups in total. The van der Waals surface area contributed by atoms with Crippen molar-refractivity contribution in [2.24, 2.45) is 0 Å². The van der Waals surface area contributed by atoms with Crippen LogP contribution >= 0.6 is 0 Å². The number of nitrogens with zero attached hydrogens (tertiary/aromatic N) is 3. The van der Waals surface area contributed by atoms with Crippen LogP contribution in [0.25, 0.3) is 0 Å². The van der Waals surface area contributed by atoms with Crippen LogP contribution in [0.1, 0.15) is 48.8 Å². The van der Waals surface area contributed by atoms with Gasteiger partial charge in [-0.1, -0.05) is 54.6 Å². The minimum absolute atomic E-state index is 0.0939. The van der Waals surface area contributed by atoms with E-state index in [-0.39, 0.29) is 30.0 Å². The second-order valence-electron chi connectivity index (χ2n) is 11.0. The van der Waals surface area contributed by atoms with Gasteiger partial charge in [-0.3, -0.25) is 19.2 Å². The van der Waals surface area contributed by atoms with Crippen LogP contribution in [0.5, 0.6) is 0 Å². The molecule has 0 saturated carbocycles. The number of carbonyl (C=O) groups excluding carboxylic acids is 4. The highest BCUT2D eigenvalue weighted by molar-refractivity contribution is 5.96. The van der Waals surface area contributed by atoms with Crippen molar-refractivity contribution < 1.29 is 19.2 Å². The highest BCUT2D eigenvalue weighted by Crippen LogP contribution is 2.31. The number of hydrogen-bond acceptors (Lipinski definition) is 4. The van der Waals surface area contributed by atoms with Crippen LogP contribution in [0.3, 0.4) is 0 Å². The van der Waals surface area contributed by atoms with Gasteiger partial charge < -0.3 is 20.0 Å². The van der Waals surface area contributed by atoms with E-state index in [0.717, 1.165) is 29.5 Å². The van der Waals surface area contributed by atoms with E-state index < -0.39 is 24.2 Å². The first kappa shape index (κ1) is 24.6. The van der Waals surface area contributed by atoms with Crippen molar-refractivity contribution >= 4 is 23.6 Å². The zero-order valence-corrected chi connectivity index (χ0v) is 21.6. The molecule has 2 aromatic rings. The van der Waals surface area contributed by atoms with Crippen molar-refractivity contribution in [1.82, 2.24) is 20.0 Å². The van der Waals surface area contributed by atoms with Crippen molar-refractivity contribution in [1.29, 1.82) is 0 Å². The molecule has 0 aliphatic carbocycles. The molecule has 4 amide bonds. The highest BCUT2D eigenvalue weighted by Gasteiger charge is 2.46. The number of rotatable bonds is 2. The molecular weight excluding hydrogens is 480 g/mol. The van der Waals surface area contributed by atoms with E-state index in [0.29, 0.717) is 45.3 Å². The highest BCUT2D eigenvalue weighted by atomic mass is 16.2. The quantitative estimate of drug-likeness (QED) is 0.664. The largest absolute Gasteiger partial charge is 0.351 e. The summed E-state index contributed by atoms with van der Waals surface area (Å²) < 4.78 is 0. The Balaban J connectivity index is 1.38. The van der Waals surface area contributed by atoms with Gasteiger partial charge in [0.2, 0.25) is 23.6 Å². The Morgan fingerprint density at radius 3 is 2.08 bits per heavy atom. The van der Waals surface area contributed by atoms with Crippen molar-refractivity contribution in [2.75, 3.05) is 13.1 Å². The first-order chi connectivity index (χ1) is 18.5. The molecule has 198 valence electrons. The lowest BCUT2D eigenvalue weighted by Gasteiger charge is -2.39. The lowest BCUT2D eigenvalue weighted by molar-refractivity contribution is -0.151. The second-order valence-corrected chi connectivity index (χ2v) is 11.0. The molecule has 4 heterocycles. The molecular formula is C30H34N4O4. The maximum atomic E-state index is 14.1. The van der Waals surface area contributed by atoms with Gasteiger partial charge >= 0.3 is 0 Å². The molecule has 0 radical (unpaired) electrons. The van der Waals surface area contributed by atoms with Gasteiger partial charge in [0.15, 0.2) is 0 Å². The molecule has 4 atom stereocenters. The molecule has 0 unspecified atom stereocenters. The second kappa shape index (κ2) is 10.2. The van der Waals surface area contributed by atoms with Crippen LogP contribution in [-0.4, -0.2) is 75.6 Å². The van der Waals surface area contributed by atoms with E-state index in [9.17, 15) is 19.2 Å². The number of carbonyl (C=O) groups is 4. The summed E-state index contributed by atoms with van der Waals surface area (Å²) >= 11 is 0. The third-order valence-electron chi connectivity index (χ3n) is 8.61. The number of hydrogen-bond donors (Lipinski definition) is 1. The van der Waals surface area contributed by atoms with Gasteiger partial charge in [-0.2, -0.15) is 0 Å². The standard InChI is InChI=1S/C30H34N4O4/c35-27-18-23(16-20-8-2-1-3-9-20)31-28(36)24-12-6-14-32(24)29(37)25-13-7-15-33(25)30(38)26-17-21-10-4-5-11-22(21)19-34(26)27/h1-5,8-11,23-26H,6-7,12-19H2,(H,31,36)/t23-,24-,25-,26-/m0/s1. The number of nitrogens with one attached hydrogen (secondary N) is 1. The van der Waals surface area contributed by atoms with Gasteiger partial charge in [-0.25, -0.2) is 0 Å². The predicted molar refractivity (Wildman–Crippen MR) is 141 cm³/mol. The summed E-state index contributed by atoms with van der Waals surface area (Å²) in [5.74, 6) is -0.650. The average molecular weight is 515 g/mol. The van der Waals surface area contributed by atoms with Crippen LogP contribution in [0.4, 0.5) is 0 Å². The summed E-state index contributed by atoms with van der Waals surface area (Å²) in [6.45, 7) is 1.36. The lowest BCUT2D eigenvalue weighted by Crippen LogP contribution is -2.57. The molecule has 6 rings (SSSR count). The van der Waals surface area contributed by atoms with Gasteiger partial charge in [-0.15, -0.1) is 0 Å². The molecule has 0 aromatic heterocycles. The van der Waals surface area contributed by atoms with E-state index in [1.165, 1.54) is 0 Å². The molecule has 2 aromatic carbocycles. The molecule has 38 heavy (non-hydrogen) atoms. The van der Waals surface area contributed by atoms with E-state index in [1.54, 1.807) is 14.7 Å². The fourth-order valence-corrected chi connectivity index (χ4v) is 6.68. The number of amides is 4. The SMILES string of the molecule is O=C1N[C@@H](Cc2ccccc2)CC(=O)N2Cc3ccccc3C[C@H]2C(=O)N2CCC[C@H]2C(=O)N2CCC[C@@H]12. The lowest BCUT2D eigenvalue weighted by atomic mass is 9.92. The van der Waals surface area contributed by atoms with Crippen LogP contribution in [-0.2, 0) is 38.6 Å². The fraction of sp³-hybridized carbons (Fsp3) is 0.467. The Morgan fingerprint density at radius 1 is 0.684 bits per heavy atom. The van der Waals surface area contributed by atoms with Crippen molar-refractivity contribution in [3.05, 3.63) is 71.3 Å². The van der Waals surface area contributed by atoms with E-state index in [2.05, 4.69) is 5.32 Å². The smallest absolute Gasteiger partial charge is 0.246 e. The van der Waals surface area contributed by atoms with Crippen molar-refractivity contribution in [3.63, 3.8) is 0 Å². The Bertz CT molecular complexity index is 1250. The maximum absolute atomic E-state index is 14.1. The van der Waals surface area contributed by atoms with Crippen molar-refractivity contribution in [3.8, 4) is 0 Å². The summed E-state index contributed by atoms with van der Waals surface area (Å²) in [5.41, 5.74) is 3.12. The molecule has 3 saturated heterocycles. The number of benzene rings is 2. The first-order valence-corrected chi connectivity index (χ1v) is 13.8. The first-order valence-electron chi connectivity index (χ1n) is 13.8. The summed E-state index contributed by atoms with van der Waals surface area (Å²) in [7, 11) is 0. The normalized spacial score (nSPS) is 27.9. The Kier molecular flexibility index (Phi) is 6.64. The zero-order valence-electron chi connectivity index (χ0n) is 21.6. The van der Waals surface area contributed by atoms with Crippen LogP contribution in [0.15, 0.2) is 54.6 Å². The average Bonchev–Trinajstić information content (AvgIpc) is 3.62. The van der Waals surface area contributed by atoms with E-state index in [1.807, 2.05) is 54.6 Å². The molecule has 4 aliphatic rings. The molecule has 0 spiro atoms. The fourth-order valence-electron chi connectivity index (χ4n) is 6.68. The summed E-state index contributed by atoms with van der Waals surface area (Å²) in [4.78, 5) is 60.4.